The van der Waals surface area contributed by atoms with E-state index < -0.39 is 12.1 Å². The highest BCUT2D eigenvalue weighted by atomic mass is 16.5. The number of rotatable bonds is 6. The van der Waals surface area contributed by atoms with Gasteiger partial charge in [0.2, 0.25) is 0 Å². The van der Waals surface area contributed by atoms with Crippen LogP contribution >= 0.6 is 0 Å². The zero-order chi connectivity index (χ0) is 14.4. The molecule has 0 bridgehead atoms. The second kappa shape index (κ2) is 6.70. The van der Waals surface area contributed by atoms with Crippen LogP contribution in [0.4, 0.5) is 0 Å². The molecule has 1 atom stereocenters. The number of esters is 1. The van der Waals surface area contributed by atoms with Gasteiger partial charge in [0.1, 0.15) is 5.75 Å². The number of aldehydes is 1. The van der Waals surface area contributed by atoms with Crippen molar-refractivity contribution in [2.75, 3.05) is 6.61 Å². The Morgan fingerprint density at radius 1 is 1.20 bits per heavy atom. The molecule has 0 aromatic heterocycles. The molecule has 104 valence electrons. The van der Waals surface area contributed by atoms with Crippen LogP contribution in [0.3, 0.4) is 0 Å². The molecule has 2 aromatic carbocycles. The van der Waals surface area contributed by atoms with Crippen molar-refractivity contribution in [3.05, 3.63) is 42.5 Å². The lowest BCUT2D eigenvalue weighted by Gasteiger charge is -2.14. The first-order chi connectivity index (χ1) is 9.74. The molecular weight excluding hydrogens is 256 g/mol. The first-order valence-corrected chi connectivity index (χ1v) is 6.50. The van der Waals surface area contributed by atoms with Crippen LogP contribution in [-0.2, 0) is 14.3 Å². The molecule has 4 nitrogen and oxygen atoms in total. The smallest absolute Gasteiger partial charge is 0.310 e. The molecule has 0 aliphatic rings. The van der Waals surface area contributed by atoms with Crippen LogP contribution in [-0.4, -0.2) is 25.0 Å². The highest BCUT2D eigenvalue weighted by molar-refractivity contribution is 5.88. The monoisotopic (exact) mass is 272 g/mol. The first kappa shape index (κ1) is 14.1. The fourth-order valence-corrected chi connectivity index (χ4v) is 1.96. The highest BCUT2D eigenvalue weighted by Gasteiger charge is 2.16. The van der Waals surface area contributed by atoms with Crippen LogP contribution in [0.2, 0.25) is 0 Å². The van der Waals surface area contributed by atoms with E-state index in [2.05, 4.69) is 0 Å². The molecule has 4 heteroatoms. The van der Waals surface area contributed by atoms with Crippen molar-refractivity contribution in [3.8, 4) is 5.75 Å². The first-order valence-electron chi connectivity index (χ1n) is 6.50. The largest absolute Gasteiger partial charge is 0.482 e. The third kappa shape index (κ3) is 3.35. The molecule has 2 rings (SSSR count). The molecule has 0 N–H and O–H groups in total. The average molecular weight is 272 g/mol. The summed E-state index contributed by atoms with van der Waals surface area (Å²) in [5.74, 6) is 0.148. The predicted octanol–water partition coefficient (Wildman–Crippen LogP) is 2.74. The Morgan fingerprint density at radius 3 is 2.70 bits per heavy atom. The van der Waals surface area contributed by atoms with Gasteiger partial charge in [0.15, 0.2) is 12.4 Å². The maximum absolute atomic E-state index is 11.4. The lowest BCUT2D eigenvalue weighted by Crippen LogP contribution is -2.23. The van der Waals surface area contributed by atoms with Crippen LogP contribution in [0.1, 0.15) is 13.3 Å². The van der Waals surface area contributed by atoms with Crippen molar-refractivity contribution in [1.29, 1.82) is 0 Å². The van der Waals surface area contributed by atoms with Gasteiger partial charge in [-0.3, -0.25) is 9.59 Å². The topological polar surface area (TPSA) is 52.6 Å². The molecule has 0 aliphatic carbocycles. The maximum atomic E-state index is 11.4. The third-order valence-corrected chi connectivity index (χ3v) is 2.85. The molecule has 2 aromatic rings. The molecule has 0 spiro atoms. The number of hydrogen-bond acceptors (Lipinski definition) is 4. The normalized spacial score (nSPS) is 11.8. The minimum absolute atomic E-state index is 0.0828. The summed E-state index contributed by atoms with van der Waals surface area (Å²) in [6.45, 7) is 2.01. The van der Waals surface area contributed by atoms with Crippen molar-refractivity contribution >= 4 is 23.0 Å². The maximum Gasteiger partial charge on any atom is 0.310 e. The minimum Gasteiger partial charge on any atom is -0.482 e. The van der Waals surface area contributed by atoms with Crippen molar-refractivity contribution in [1.82, 2.24) is 0 Å². The van der Waals surface area contributed by atoms with E-state index in [1.165, 1.54) is 0 Å². The van der Waals surface area contributed by atoms with E-state index in [1.807, 2.05) is 36.4 Å². The molecule has 20 heavy (non-hydrogen) atoms. The molecule has 1 unspecified atom stereocenters. The van der Waals surface area contributed by atoms with Crippen molar-refractivity contribution in [2.24, 2.45) is 0 Å². The van der Waals surface area contributed by atoms with Crippen molar-refractivity contribution < 1.29 is 19.1 Å². The predicted molar refractivity (Wildman–Crippen MR) is 75.7 cm³/mol. The molecule has 0 fully saturated rings. The Bertz CT molecular complexity index is 601. The standard InChI is InChI=1S/C16H16O4/c1-2-19-16(18)10-13(11-17)20-15-9-5-7-12-6-3-4-8-14(12)15/h3-9,11,13H,2,10H2,1H3. The van der Waals surface area contributed by atoms with Gasteiger partial charge >= 0.3 is 5.97 Å². The van der Waals surface area contributed by atoms with Gasteiger partial charge in [-0.1, -0.05) is 36.4 Å². The third-order valence-electron chi connectivity index (χ3n) is 2.85. The van der Waals surface area contributed by atoms with Crippen LogP contribution in [0.5, 0.6) is 5.75 Å². The number of hydrogen-bond donors (Lipinski definition) is 0. The Morgan fingerprint density at radius 2 is 1.95 bits per heavy atom. The molecular formula is C16H16O4. The van der Waals surface area contributed by atoms with E-state index in [0.29, 0.717) is 18.6 Å². The van der Waals surface area contributed by atoms with Gasteiger partial charge in [0.25, 0.3) is 0 Å². The van der Waals surface area contributed by atoms with Gasteiger partial charge in [-0.2, -0.15) is 0 Å². The van der Waals surface area contributed by atoms with Gasteiger partial charge < -0.3 is 9.47 Å². The molecule has 0 aliphatic heterocycles. The summed E-state index contributed by atoms with van der Waals surface area (Å²) < 4.78 is 10.4. The van der Waals surface area contributed by atoms with Crippen molar-refractivity contribution in [2.45, 2.75) is 19.4 Å². The second-order valence-electron chi connectivity index (χ2n) is 4.28. The lowest BCUT2D eigenvalue weighted by molar-refractivity contribution is -0.146. The summed E-state index contributed by atoms with van der Waals surface area (Å²) in [4.78, 5) is 22.5. The SMILES string of the molecule is CCOC(=O)CC(C=O)Oc1cccc2ccccc12. The fraction of sp³-hybridized carbons (Fsp3) is 0.250. The number of fused-ring (bicyclic) bond motifs is 1. The summed E-state index contributed by atoms with van der Waals surface area (Å²) in [6.07, 6.45) is -0.293. The van der Waals surface area contributed by atoms with E-state index in [-0.39, 0.29) is 6.42 Å². The average Bonchev–Trinajstić information content (AvgIpc) is 2.47. The van der Waals surface area contributed by atoms with Gasteiger partial charge in [-0.25, -0.2) is 0 Å². The summed E-state index contributed by atoms with van der Waals surface area (Å²) in [6, 6.07) is 13.3. The van der Waals surface area contributed by atoms with Gasteiger partial charge in [0, 0.05) is 5.39 Å². The van der Waals surface area contributed by atoms with E-state index >= 15 is 0 Å². The summed E-state index contributed by atoms with van der Waals surface area (Å²) in [5, 5.41) is 1.93. The Kier molecular flexibility index (Phi) is 4.71. The zero-order valence-electron chi connectivity index (χ0n) is 11.2. The summed E-state index contributed by atoms with van der Waals surface area (Å²) in [7, 11) is 0. The van der Waals surface area contributed by atoms with Crippen LogP contribution in [0.25, 0.3) is 10.8 Å². The zero-order valence-corrected chi connectivity index (χ0v) is 11.2. The fourth-order valence-electron chi connectivity index (χ4n) is 1.96. The van der Waals surface area contributed by atoms with E-state index in [1.54, 1.807) is 13.0 Å². The number of ether oxygens (including phenoxy) is 2. The van der Waals surface area contributed by atoms with Crippen LogP contribution < -0.4 is 4.74 Å². The Balaban J connectivity index is 2.17. The van der Waals surface area contributed by atoms with Gasteiger partial charge in [-0.05, 0) is 18.4 Å². The van der Waals surface area contributed by atoms with Crippen molar-refractivity contribution in [3.63, 3.8) is 0 Å². The van der Waals surface area contributed by atoms with Gasteiger partial charge in [-0.15, -0.1) is 0 Å². The highest BCUT2D eigenvalue weighted by Crippen LogP contribution is 2.26. The molecule has 0 radical (unpaired) electrons. The van der Waals surface area contributed by atoms with Crippen LogP contribution in [0.15, 0.2) is 42.5 Å². The number of benzene rings is 2. The molecule has 0 heterocycles. The minimum atomic E-state index is -0.833. The van der Waals surface area contributed by atoms with Crippen LogP contribution in [0, 0.1) is 0 Å². The molecule has 0 saturated carbocycles. The quantitative estimate of drug-likeness (QED) is 0.599. The van der Waals surface area contributed by atoms with E-state index in [9.17, 15) is 9.59 Å². The Labute approximate surface area is 117 Å². The number of carbonyl (C=O) groups excluding carboxylic acids is 2. The molecule has 0 saturated heterocycles. The van der Waals surface area contributed by atoms with Gasteiger partial charge in [0.05, 0.1) is 13.0 Å². The summed E-state index contributed by atoms with van der Waals surface area (Å²) >= 11 is 0. The number of carbonyl (C=O) groups is 2. The van der Waals surface area contributed by atoms with E-state index in [0.717, 1.165) is 10.8 Å². The molecule has 0 amide bonds. The Hall–Kier alpha value is -2.36. The van der Waals surface area contributed by atoms with E-state index in [4.69, 9.17) is 9.47 Å². The second-order valence-corrected chi connectivity index (χ2v) is 4.28. The lowest BCUT2D eigenvalue weighted by atomic mass is 10.1. The summed E-state index contributed by atoms with van der Waals surface area (Å²) in [5.41, 5.74) is 0.